The van der Waals surface area contributed by atoms with Crippen molar-refractivity contribution in [2.75, 3.05) is 29.2 Å². The highest BCUT2D eigenvalue weighted by atomic mass is 19.4. The summed E-state index contributed by atoms with van der Waals surface area (Å²) in [5, 5.41) is 4.68. The van der Waals surface area contributed by atoms with Crippen LogP contribution >= 0.6 is 0 Å². The zero-order valence-electron chi connectivity index (χ0n) is 15.0. The number of methoxy groups -OCH3 is 1. The van der Waals surface area contributed by atoms with Gasteiger partial charge in [-0.2, -0.15) is 13.2 Å². The van der Waals surface area contributed by atoms with Crippen LogP contribution in [0.5, 0.6) is 5.75 Å². The number of hydrogen-bond acceptors (Lipinski definition) is 3. The summed E-state index contributed by atoms with van der Waals surface area (Å²) in [5.74, 6) is 0.365. The molecule has 0 radical (unpaired) electrons. The molecule has 3 amide bonds. The molecule has 2 N–H and O–H groups in total. The standard InChI is InChI=1S/C19H18F3N3O3/c1-28-16-11-12(8-9-15(16)25-10-4-7-17(25)26)23-18(27)24-14-6-3-2-5-13(14)19(20,21)22/h2-3,5-6,8-9,11H,4,7,10H2,1H3,(H2,23,24,27). The van der Waals surface area contributed by atoms with Crippen molar-refractivity contribution in [2.45, 2.75) is 19.0 Å². The van der Waals surface area contributed by atoms with E-state index in [4.69, 9.17) is 4.74 Å². The van der Waals surface area contributed by atoms with Crippen molar-refractivity contribution in [3.8, 4) is 5.75 Å². The molecule has 1 fully saturated rings. The van der Waals surface area contributed by atoms with Gasteiger partial charge in [0.25, 0.3) is 0 Å². The summed E-state index contributed by atoms with van der Waals surface area (Å²) in [5.41, 5.74) is -0.392. The minimum Gasteiger partial charge on any atom is -0.494 e. The van der Waals surface area contributed by atoms with Crippen molar-refractivity contribution < 1.29 is 27.5 Å². The highest BCUT2D eigenvalue weighted by molar-refractivity contribution is 6.01. The van der Waals surface area contributed by atoms with Crippen molar-refractivity contribution in [3.63, 3.8) is 0 Å². The Morgan fingerprint density at radius 3 is 2.54 bits per heavy atom. The lowest BCUT2D eigenvalue weighted by Crippen LogP contribution is -2.24. The van der Waals surface area contributed by atoms with Crippen LogP contribution in [0.3, 0.4) is 0 Å². The molecule has 9 heteroatoms. The van der Waals surface area contributed by atoms with Crippen molar-refractivity contribution in [1.82, 2.24) is 0 Å². The molecule has 3 rings (SSSR count). The molecular formula is C19H18F3N3O3. The fourth-order valence-corrected chi connectivity index (χ4v) is 3.01. The summed E-state index contributed by atoms with van der Waals surface area (Å²) in [7, 11) is 1.43. The maximum absolute atomic E-state index is 13.0. The highest BCUT2D eigenvalue weighted by Crippen LogP contribution is 2.35. The maximum Gasteiger partial charge on any atom is 0.418 e. The first-order chi connectivity index (χ1) is 13.3. The molecule has 0 aromatic heterocycles. The Balaban J connectivity index is 1.76. The van der Waals surface area contributed by atoms with Gasteiger partial charge in [-0.15, -0.1) is 0 Å². The quantitative estimate of drug-likeness (QED) is 0.804. The largest absolute Gasteiger partial charge is 0.494 e. The molecule has 0 saturated carbocycles. The third kappa shape index (κ3) is 4.19. The van der Waals surface area contributed by atoms with Gasteiger partial charge in [0.1, 0.15) is 5.75 Å². The van der Waals surface area contributed by atoms with Crippen LogP contribution in [0.1, 0.15) is 18.4 Å². The van der Waals surface area contributed by atoms with Gasteiger partial charge in [-0.25, -0.2) is 4.79 Å². The van der Waals surface area contributed by atoms with Gasteiger partial charge >= 0.3 is 12.2 Å². The van der Waals surface area contributed by atoms with E-state index in [1.807, 2.05) is 0 Å². The van der Waals surface area contributed by atoms with Crippen LogP contribution in [0.15, 0.2) is 42.5 Å². The minimum absolute atomic E-state index is 0.0134. The molecule has 0 unspecified atom stereocenters. The Bertz CT molecular complexity index is 899. The lowest BCUT2D eigenvalue weighted by atomic mass is 10.1. The van der Waals surface area contributed by atoms with Gasteiger partial charge in [-0.1, -0.05) is 12.1 Å². The topological polar surface area (TPSA) is 70.7 Å². The van der Waals surface area contributed by atoms with Crippen LogP contribution in [0.2, 0.25) is 0 Å². The van der Waals surface area contributed by atoms with Crippen LogP contribution in [-0.2, 0) is 11.0 Å². The Kier molecular flexibility index (Phi) is 5.43. The van der Waals surface area contributed by atoms with E-state index in [-0.39, 0.29) is 11.6 Å². The molecule has 0 aliphatic carbocycles. The minimum atomic E-state index is -4.59. The summed E-state index contributed by atoms with van der Waals surface area (Å²) in [6.45, 7) is 0.580. The van der Waals surface area contributed by atoms with Crippen LogP contribution in [0.4, 0.5) is 35.0 Å². The number of carbonyl (C=O) groups is 2. The predicted molar refractivity (Wildman–Crippen MR) is 98.7 cm³/mol. The zero-order chi connectivity index (χ0) is 20.3. The molecule has 1 saturated heterocycles. The molecule has 148 valence electrons. The second-order valence-electron chi connectivity index (χ2n) is 6.16. The number of nitrogens with zero attached hydrogens (tertiary/aromatic N) is 1. The first-order valence-electron chi connectivity index (χ1n) is 8.52. The van der Waals surface area contributed by atoms with E-state index in [1.165, 1.54) is 31.4 Å². The molecule has 1 aliphatic heterocycles. The molecule has 1 aliphatic rings. The molecule has 2 aromatic rings. The number of hydrogen-bond donors (Lipinski definition) is 2. The Morgan fingerprint density at radius 1 is 1.14 bits per heavy atom. The van der Waals surface area contributed by atoms with Gasteiger partial charge in [-0.05, 0) is 30.7 Å². The summed E-state index contributed by atoms with van der Waals surface area (Å²) < 4.78 is 44.4. The van der Waals surface area contributed by atoms with Crippen LogP contribution in [0, 0.1) is 0 Å². The third-order valence-electron chi connectivity index (χ3n) is 4.28. The lowest BCUT2D eigenvalue weighted by molar-refractivity contribution is -0.136. The smallest absolute Gasteiger partial charge is 0.418 e. The average Bonchev–Trinajstić information content (AvgIpc) is 3.07. The van der Waals surface area contributed by atoms with E-state index in [9.17, 15) is 22.8 Å². The second-order valence-corrected chi connectivity index (χ2v) is 6.16. The number of nitrogens with one attached hydrogen (secondary N) is 2. The maximum atomic E-state index is 13.0. The number of anilines is 3. The van der Waals surface area contributed by atoms with E-state index in [0.29, 0.717) is 30.1 Å². The average molecular weight is 393 g/mol. The normalized spacial score (nSPS) is 14.1. The van der Waals surface area contributed by atoms with Gasteiger partial charge in [-0.3, -0.25) is 4.79 Å². The van der Waals surface area contributed by atoms with Crippen LogP contribution in [-0.4, -0.2) is 25.6 Å². The monoisotopic (exact) mass is 393 g/mol. The molecular weight excluding hydrogens is 375 g/mol. The predicted octanol–water partition coefficient (Wildman–Crippen LogP) is 4.48. The summed E-state index contributed by atoms with van der Waals surface area (Å²) >= 11 is 0. The number of ether oxygens (including phenoxy) is 1. The Hall–Kier alpha value is -3.23. The fourth-order valence-electron chi connectivity index (χ4n) is 3.01. The van der Waals surface area contributed by atoms with E-state index in [2.05, 4.69) is 10.6 Å². The summed E-state index contributed by atoms with van der Waals surface area (Å²) in [4.78, 5) is 25.7. The van der Waals surface area contributed by atoms with Crippen molar-refractivity contribution in [1.29, 1.82) is 0 Å². The van der Waals surface area contributed by atoms with Crippen molar-refractivity contribution in [3.05, 3.63) is 48.0 Å². The first kappa shape index (κ1) is 19.5. The van der Waals surface area contributed by atoms with Crippen molar-refractivity contribution in [2.24, 2.45) is 0 Å². The number of urea groups is 1. The number of para-hydroxylation sites is 1. The Labute approximate surface area is 159 Å². The van der Waals surface area contributed by atoms with Gasteiger partial charge in [0, 0.05) is 24.7 Å². The van der Waals surface area contributed by atoms with E-state index >= 15 is 0 Å². The van der Waals surface area contributed by atoms with Crippen molar-refractivity contribution >= 4 is 29.0 Å². The van der Waals surface area contributed by atoms with Crippen LogP contribution < -0.4 is 20.3 Å². The highest BCUT2D eigenvalue weighted by Gasteiger charge is 2.33. The third-order valence-corrected chi connectivity index (χ3v) is 4.28. The first-order valence-corrected chi connectivity index (χ1v) is 8.52. The number of rotatable bonds is 4. The molecule has 1 heterocycles. The lowest BCUT2D eigenvalue weighted by Gasteiger charge is -2.20. The molecule has 0 spiro atoms. The summed E-state index contributed by atoms with van der Waals surface area (Å²) in [6.07, 6.45) is -3.37. The van der Waals surface area contributed by atoms with E-state index < -0.39 is 17.8 Å². The number of alkyl halides is 3. The van der Waals surface area contributed by atoms with E-state index in [0.717, 1.165) is 12.5 Å². The number of amides is 3. The van der Waals surface area contributed by atoms with Gasteiger partial charge in [0.15, 0.2) is 0 Å². The zero-order valence-corrected chi connectivity index (χ0v) is 15.0. The molecule has 0 bridgehead atoms. The fraction of sp³-hybridized carbons (Fsp3) is 0.263. The molecule has 6 nitrogen and oxygen atoms in total. The van der Waals surface area contributed by atoms with Gasteiger partial charge < -0.3 is 20.3 Å². The number of benzene rings is 2. The Morgan fingerprint density at radius 2 is 1.89 bits per heavy atom. The summed E-state index contributed by atoms with van der Waals surface area (Å²) in [6, 6.07) is 8.57. The molecule has 28 heavy (non-hydrogen) atoms. The number of halogens is 3. The van der Waals surface area contributed by atoms with E-state index in [1.54, 1.807) is 17.0 Å². The van der Waals surface area contributed by atoms with Crippen LogP contribution in [0.25, 0.3) is 0 Å². The SMILES string of the molecule is COc1cc(NC(=O)Nc2ccccc2C(F)(F)F)ccc1N1CCCC1=O. The van der Waals surface area contributed by atoms with Gasteiger partial charge in [0.05, 0.1) is 24.0 Å². The molecule has 2 aromatic carbocycles. The van der Waals surface area contributed by atoms with Gasteiger partial charge in [0.2, 0.25) is 5.91 Å². The molecule has 0 atom stereocenters. The number of carbonyl (C=O) groups excluding carboxylic acids is 2. The second kappa shape index (κ2) is 7.79.